The second kappa shape index (κ2) is 3.64. The van der Waals surface area contributed by atoms with E-state index in [9.17, 15) is 9.59 Å². The fourth-order valence-electron chi connectivity index (χ4n) is 1.63. The maximum Gasteiger partial charge on any atom is 0.323 e. The SMILES string of the molecule is O=C(O)CN1CC(c2ccc[nH]2)NC1=O. The van der Waals surface area contributed by atoms with E-state index in [-0.39, 0.29) is 18.6 Å². The van der Waals surface area contributed by atoms with Gasteiger partial charge in [-0.05, 0) is 12.1 Å². The summed E-state index contributed by atoms with van der Waals surface area (Å²) >= 11 is 0. The van der Waals surface area contributed by atoms with E-state index in [2.05, 4.69) is 10.3 Å². The molecule has 1 fully saturated rings. The van der Waals surface area contributed by atoms with Gasteiger partial charge < -0.3 is 20.3 Å². The predicted molar refractivity (Wildman–Crippen MR) is 51.3 cm³/mol. The van der Waals surface area contributed by atoms with Gasteiger partial charge in [0.2, 0.25) is 0 Å². The lowest BCUT2D eigenvalue weighted by atomic mass is 10.2. The molecule has 2 heterocycles. The second-order valence-corrected chi connectivity index (χ2v) is 3.40. The average molecular weight is 209 g/mol. The first-order chi connectivity index (χ1) is 7.16. The molecule has 1 unspecified atom stereocenters. The maximum absolute atomic E-state index is 11.4. The molecule has 2 rings (SSSR count). The molecule has 6 nitrogen and oxygen atoms in total. The van der Waals surface area contributed by atoms with E-state index in [4.69, 9.17) is 5.11 Å². The van der Waals surface area contributed by atoms with Crippen LogP contribution in [0, 0.1) is 0 Å². The summed E-state index contributed by atoms with van der Waals surface area (Å²) < 4.78 is 0. The molecule has 1 aliphatic heterocycles. The summed E-state index contributed by atoms with van der Waals surface area (Å²) in [6.45, 7) is 0.120. The number of carboxylic acids is 1. The van der Waals surface area contributed by atoms with Crippen molar-refractivity contribution in [2.24, 2.45) is 0 Å². The Hall–Kier alpha value is -1.98. The number of carboxylic acid groups (broad SMARTS) is 1. The van der Waals surface area contributed by atoms with Crippen molar-refractivity contribution in [3.8, 4) is 0 Å². The lowest BCUT2D eigenvalue weighted by molar-refractivity contribution is -0.137. The van der Waals surface area contributed by atoms with Crippen LogP contribution in [-0.2, 0) is 4.79 Å². The number of rotatable bonds is 3. The summed E-state index contributed by atoms with van der Waals surface area (Å²) in [4.78, 5) is 26.1. The first-order valence-electron chi connectivity index (χ1n) is 4.57. The van der Waals surface area contributed by atoms with Gasteiger partial charge >= 0.3 is 12.0 Å². The molecule has 1 aliphatic rings. The minimum Gasteiger partial charge on any atom is -0.480 e. The highest BCUT2D eigenvalue weighted by molar-refractivity contribution is 5.82. The topological polar surface area (TPSA) is 85.4 Å². The molecule has 2 amide bonds. The van der Waals surface area contributed by atoms with E-state index in [1.807, 2.05) is 12.1 Å². The highest BCUT2D eigenvalue weighted by Gasteiger charge is 2.31. The smallest absolute Gasteiger partial charge is 0.323 e. The third-order valence-electron chi connectivity index (χ3n) is 2.31. The number of nitrogens with one attached hydrogen (secondary N) is 2. The van der Waals surface area contributed by atoms with Gasteiger partial charge in [0.05, 0.1) is 6.04 Å². The van der Waals surface area contributed by atoms with E-state index < -0.39 is 5.97 Å². The highest BCUT2D eigenvalue weighted by atomic mass is 16.4. The Balaban J connectivity index is 2.04. The average Bonchev–Trinajstić information content (AvgIpc) is 2.75. The molecule has 0 spiro atoms. The lowest BCUT2D eigenvalue weighted by Gasteiger charge is -2.10. The Labute approximate surface area is 85.9 Å². The number of nitrogens with zero attached hydrogens (tertiary/aromatic N) is 1. The number of hydrogen-bond donors (Lipinski definition) is 3. The van der Waals surface area contributed by atoms with Crippen LogP contribution in [0.4, 0.5) is 4.79 Å². The standard InChI is InChI=1S/C9H11N3O3/c13-8(14)5-12-4-7(11-9(12)15)6-2-1-3-10-6/h1-3,7,10H,4-5H2,(H,11,15)(H,13,14). The molecule has 0 aromatic carbocycles. The van der Waals surface area contributed by atoms with E-state index in [1.54, 1.807) is 6.20 Å². The highest BCUT2D eigenvalue weighted by Crippen LogP contribution is 2.17. The molecule has 1 saturated heterocycles. The van der Waals surface area contributed by atoms with Crippen LogP contribution in [0.3, 0.4) is 0 Å². The van der Waals surface area contributed by atoms with Crippen LogP contribution in [-0.4, -0.2) is 40.1 Å². The number of carbonyl (C=O) groups excluding carboxylic acids is 1. The van der Waals surface area contributed by atoms with Crippen LogP contribution < -0.4 is 5.32 Å². The quantitative estimate of drug-likeness (QED) is 0.663. The fourth-order valence-corrected chi connectivity index (χ4v) is 1.63. The molecule has 80 valence electrons. The molecule has 0 bridgehead atoms. The molecule has 0 aliphatic carbocycles. The zero-order valence-electron chi connectivity index (χ0n) is 7.93. The molecular formula is C9H11N3O3. The van der Waals surface area contributed by atoms with E-state index in [0.717, 1.165) is 5.69 Å². The maximum atomic E-state index is 11.4. The van der Waals surface area contributed by atoms with E-state index >= 15 is 0 Å². The van der Waals surface area contributed by atoms with Crippen molar-refractivity contribution in [1.29, 1.82) is 0 Å². The third-order valence-corrected chi connectivity index (χ3v) is 2.31. The normalized spacial score (nSPS) is 20.4. The number of aromatic amines is 1. The van der Waals surface area contributed by atoms with Crippen molar-refractivity contribution in [1.82, 2.24) is 15.2 Å². The molecular weight excluding hydrogens is 198 g/mol. The van der Waals surface area contributed by atoms with Crippen LogP contribution in [0.2, 0.25) is 0 Å². The van der Waals surface area contributed by atoms with Gasteiger partial charge in [-0.2, -0.15) is 0 Å². The molecule has 6 heteroatoms. The van der Waals surface area contributed by atoms with Gasteiger partial charge in [0.1, 0.15) is 6.54 Å². The summed E-state index contributed by atoms with van der Waals surface area (Å²) in [6, 6.07) is 3.21. The van der Waals surface area contributed by atoms with Crippen LogP contribution >= 0.6 is 0 Å². The summed E-state index contributed by atoms with van der Waals surface area (Å²) in [5.41, 5.74) is 0.885. The minimum atomic E-state index is -1.00. The summed E-state index contributed by atoms with van der Waals surface area (Å²) in [5, 5.41) is 11.3. The Bertz CT molecular complexity index is 374. The van der Waals surface area contributed by atoms with Crippen LogP contribution in [0.1, 0.15) is 11.7 Å². The second-order valence-electron chi connectivity index (χ2n) is 3.40. The molecule has 1 atom stereocenters. The van der Waals surface area contributed by atoms with Crippen LogP contribution in [0.5, 0.6) is 0 Å². The van der Waals surface area contributed by atoms with Gasteiger partial charge in [-0.1, -0.05) is 0 Å². The van der Waals surface area contributed by atoms with Crippen molar-refractivity contribution < 1.29 is 14.7 Å². The third kappa shape index (κ3) is 1.93. The van der Waals surface area contributed by atoms with Crippen LogP contribution in [0.25, 0.3) is 0 Å². The molecule has 1 aromatic heterocycles. The Morgan fingerprint density at radius 2 is 2.47 bits per heavy atom. The minimum absolute atomic E-state index is 0.146. The first kappa shape index (κ1) is 9.57. The van der Waals surface area contributed by atoms with Gasteiger partial charge in [0.25, 0.3) is 0 Å². The van der Waals surface area contributed by atoms with Crippen molar-refractivity contribution in [3.05, 3.63) is 24.0 Å². The molecule has 3 N–H and O–H groups in total. The van der Waals surface area contributed by atoms with Gasteiger partial charge in [-0.15, -0.1) is 0 Å². The zero-order chi connectivity index (χ0) is 10.8. The van der Waals surface area contributed by atoms with Crippen LogP contribution in [0.15, 0.2) is 18.3 Å². The van der Waals surface area contributed by atoms with Crippen molar-refractivity contribution >= 4 is 12.0 Å². The van der Waals surface area contributed by atoms with E-state index in [1.165, 1.54) is 4.90 Å². The lowest BCUT2D eigenvalue weighted by Crippen LogP contribution is -2.32. The molecule has 0 radical (unpaired) electrons. The van der Waals surface area contributed by atoms with Crippen molar-refractivity contribution in [3.63, 3.8) is 0 Å². The largest absolute Gasteiger partial charge is 0.480 e. The summed E-state index contributed by atoms with van der Waals surface area (Å²) in [5.74, 6) is -1.00. The molecule has 15 heavy (non-hydrogen) atoms. The van der Waals surface area contributed by atoms with Gasteiger partial charge in [0.15, 0.2) is 0 Å². The Kier molecular flexibility index (Phi) is 2.32. The van der Waals surface area contributed by atoms with Gasteiger partial charge in [0, 0.05) is 18.4 Å². The van der Waals surface area contributed by atoms with Crippen molar-refractivity contribution in [2.75, 3.05) is 13.1 Å². The number of aliphatic carboxylic acids is 1. The molecule has 0 saturated carbocycles. The number of urea groups is 1. The zero-order valence-corrected chi connectivity index (χ0v) is 7.93. The molecule has 1 aromatic rings. The Morgan fingerprint density at radius 3 is 3.07 bits per heavy atom. The number of aromatic nitrogens is 1. The van der Waals surface area contributed by atoms with E-state index in [0.29, 0.717) is 6.54 Å². The monoisotopic (exact) mass is 209 g/mol. The predicted octanol–water partition coefficient (Wildman–Crippen LogP) is 0.166. The first-order valence-corrected chi connectivity index (χ1v) is 4.57. The number of hydrogen-bond acceptors (Lipinski definition) is 2. The fraction of sp³-hybridized carbons (Fsp3) is 0.333. The summed E-state index contributed by atoms with van der Waals surface area (Å²) in [6.07, 6.45) is 1.77. The number of carbonyl (C=O) groups is 2. The Morgan fingerprint density at radius 1 is 1.67 bits per heavy atom. The summed E-state index contributed by atoms with van der Waals surface area (Å²) in [7, 11) is 0. The van der Waals surface area contributed by atoms with Gasteiger partial charge in [-0.25, -0.2) is 4.79 Å². The van der Waals surface area contributed by atoms with Crippen molar-refractivity contribution in [2.45, 2.75) is 6.04 Å². The van der Waals surface area contributed by atoms with Gasteiger partial charge in [-0.3, -0.25) is 4.79 Å². The number of H-pyrrole nitrogens is 1. The number of amides is 2.